The van der Waals surface area contributed by atoms with Crippen LogP contribution in [0.25, 0.3) is 11.1 Å². The van der Waals surface area contributed by atoms with Crippen LogP contribution >= 0.6 is 0 Å². The van der Waals surface area contributed by atoms with Crippen molar-refractivity contribution in [3.63, 3.8) is 0 Å². The summed E-state index contributed by atoms with van der Waals surface area (Å²) < 4.78 is 10.5. The average Bonchev–Trinajstić information content (AvgIpc) is 2.37. The molecule has 17 heavy (non-hydrogen) atoms. The maximum atomic E-state index is 5.25. The van der Waals surface area contributed by atoms with E-state index in [2.05, 4.69) is 9.97 Å². The molecule has 1 aromatic heterocycles. The molecular formula is C13H14N2O2. The molecule has 0 spiro atoms. The average molecular weight is 230 g/mol. The van der Waals surface area contributed by atoms with Gasteiger partial charge >= 0.3 is 0 Å². The number of hydrogen-bond donors (Lipinski definition) is 0. The number of ether oxygens (including phenoxy) is 2. The van der Waals surface area contributed by atoms with E-state index in [1.54, 1.807) is 14.2 Å². The summed E-state index contributed by atoms with van der Waals surface area (Å²) >= 11 is 0. The van der Waals surface area contributed by atoms with Gasteiger partial charge in [0.2, 0.25) is 11.8 Å². The van der Waals surface area contributed by atoms with Crippen LogP contribution in [0.15, 0.2) is 30.6 Å². The minimum atomic E-state index is 0.516. The van der Waals surface area contributed by atoms with Crippen molar-refractivity contribution in [2.75, 3.05) is 14.2 Å². The molecule has 0 aliphatic rings. The van der Waals surface area contributed by atoms with E-state index in [4.69, 9.17) is 9.47 Å². The van der Waals surface area contributed by atoms with Gasteiger partial charge in [0, 0.05) is 0 Å². The summed E-state index contributed by atoms with van der Waals surface area (Å²) in [5.74, 6) is 1.03. The fourth-order valence-corrected chi connectivity index (χ4v) is 1.71. The third kappa shape index (κ3) is 2.20. The molecular weight excluding hydrogens is 216 g/mol. The van der Waals surface area contributed by atoms with Gasteiger partial charge < -0.3 is 9.47 Å². The molecule has 0 fully saturated rings. The minimum Gasteiger partial charge on any atom is -0.480 e. The number of hydrogen-bond acceptors (Lipinski definition) is 4. The minimum absolute atomic E-state index is 0.516. The van der Waals surface area contributed by atoms with Crippen molar-refractivity contribution < 1.29 is 9.47 Å². The van der Waals surface area contributed by atoms with Gasteiger partial charge in [-0.3, -0.25) is 0 Å². The smallest absolute Gasteiger partial charge is 0.228 e. The van der Waals surface area contributed by atoms with Gasteiger partial charge in [0.25, 0.3) is 0 Å². The van der Waals surface area contributed by atoms with E-state index >= 15 is 0 Å². The highest BCUT2D eigenvalue weighted by molar-refractivity contribution is 5.73. The Bertz CT molecular complexity index is 504. The molecule has 88 valence electrons. The molecule has 0 radical (unpaired) electrons. The lowest BCUT2D eigenvalue weighted by atomic mass is 10.1. The molecule has 0 atom stereocenters. The van der Waals surface area contributed by atoms with Crippen LogP contribution < -0.4 is 9.47 Å². The topological polar surface area (TPSA) is 44.2 Å². The zero-order valence-corrected chi connectivity index (χ0v) is 10.1. The maximum absolute atomic E-state index is 5.25. The second-order valence-corrected chi connectivity index (χ2v) is 3.64. The summed E-state index contributed by atoms with van der Waals surface area (Å²) in [6.07, 6.45) is 1.43. The normalized spacial score (nSPS) is 10.1. The molecule has 0 unspecified atom stereocenters. The van der Waals surface area contributed by atoms with Gasteiger partial charge in [-0.15, -0.1) is 0 Å². The predicted octanol–water partition coefficient (Wildman–Crippen LogP) is 2.47. The van der Waals surface area contributed by atoms with Gasteiger partial charge in [0.15, 0.2) is 0 Å². The molecule has 0 saturated heterocycles. The molecule has 0 amide bonds. The van der Waals surface area contributed by atoms with Crippen LogP contribution in [0.3, 0.4) is 0 Å². The van der Waals surface area contributed by atoms with Gasteiger partial charge in [-0.1, -0.05) is 29.8 Å². The standard InChI is InChI=1S/C13H14N2O2/c1-9-5-4-6-10(7-9)11-12(16-2)14-8-15-13(11)17-3/h4-8H,1-3H3. The Balaban J connectivity index is 2.64. The van der Waals surface area contributed by atoms with Crippen LogP contribution in [-0.4, -0.2) is 24.2 Å². The Morgan fingerprint density at radius 3 is 2.18 bits per heavy atom. The van der Waals surface area contributed by atoms with Crippen molar-refractivity contribution >= 4 is 0 Å². The van der Waals surface area contributed by atoms with Crippen molar-refractivity contribution in [3.8, 4) is 22.9 Å². The Labute approximate surface area is 100 Å². The Kier molecular flexibility index (Phi) is 3.23. The van der Waals surface area contributed by atoms with Gasteiger partial charge in [0.05, 0.1) is 14.2 Å². The second kappa shape index (κ2) is 4.82. The number of nitrogens with zero attached hydrogens (tertiary/aromatic N) is 2. The van der Waals surface area contributed by atoms with Crippen LogP contribution in [0, 0.1) is 6.92 Å². The maximum Gasteiger partial charge on any atom is 0.228 e. The van der Waals surface area contributed by atoms with Crippen molar-refractivity contribution in [1.29, 1.82) is 0 Å². The Morgan fingerprint density at radius 2 is 1.65 bits per heavy atom. The van der Waals surface area contributed by atoms with Crippen LogP contribution in [0.1, 0.15) is 5.56 Å². The van der Waals surface area contributed by atoms with Gasteiger partial charge in [-0.25, -0.2) is 9.97 Å². The van der Waals surface area contributed by atoms with Crippen LogP contribution in [-0.2, 0) is 0 Å². The fraction of sp³-hybridized carbons (Fsp3) is 0.231. The number of aromatic nitrogens is 2. The lowest BCUT2D eigenvalue weighted by Crippen LogP contribution is -1.98. The van der Waals surface area contributed by atoms with Crippen molar-refractivity contribution in [2.24, 2.45) is 0 Å². The summed E-state index contributed by atoms with van der Waals surface area (Å²) in [4.78, 5) is 8.20. The van der Waals surface area contributed by atoms with E-state index in [0.717, 1.165) is 16.7 Å². The fourth-order valence-electron chi connectivity index (χ4n) is 1.71. The first-order chi connectivity index (χ1) is 8.26. The number of rotatable bonds is 3. The number of aryl methyl sites for hydroxylation is 1. The molecule has 1 aromatic carbocycles. The highest BCUT2D eigenvalue weighted by Gasteiger charge is 2.14. The van der Waals surface area contributed by atoms with Gasteiger partial charge in [0.1, 0.15) is 11.9 Å². The van der Waals surface area contributed by atoms with E-state index in [1.807, 2.05) is 31.2 Å². The van der Waals surface area contributed by atoms with Gasteiger partial charge in [-0.2, -0.15) is 0 Å². The molecule has 0 N–H and O–H groups in total. The first-order valence-corrected chi connectivity index (χ1v) is 5.26. The van der Waals surface area contributed by atoms with Gasteiger partial charge in [-0.05, 0) is 12.5 Å². The summed E-state index contributed by atoms with van der Waals surface area (Å²) in [6, 6.07) is 8.04. The molecule has 2 aromatic rings. The molecule has 0 aliphatic heterocycles. The molecule has 4 nitrogen and oxygen atoms in total. The summed E-state index contributed by atoms with van der Waals surface area (Å²) in [7, 11) is 3.17. The first-order valence-electron chi connectivity index (χ1n) is 5.26. The van der Waals surface area contributed by atoms with Crippen LogP contribution in [0.2, 0.25) is 0 Å². The predicted molar refractivity (Wildman–Crippen MR) is 65.3 cm³/mol. The SMILES string of the molecule is COc1ncnc(OC)c1-c1cccc(C)c1. The van der Waals surface area contributed by atoms with E-state index in [1.165, 1.54) is 6.33 Å². The van der Waals surface area contributed by atoms with Crippen molar-refractivity contribution in [3.05, 3.63) is 36.2 Å². The van der Waals surface area contributed by atoms with E-state index < -0.39 is 0 Å². The quantitative estimate of drug-likeness (QED) is 0.812. The summed E-state index contributed by atoms with van der Waals surface area (Å²) in [6.45, 7) is 2.03. The zero-order chi connectivity index (χ0) is 12.3. The molecule has 2 rings (SSSR count). The van der Waals surface area contributed by atoms with E-state index in [0.29, 0.717) is 11.8 Å². The van der Waals surface area contributed by atoms with Crippen LogP contribution in [0.4, 0.5) is 0 Å². The van der Waals surface area contributed by atoms with Crippen LogP contribution in [0.5, 0.6) is 11.8 Å². The molecule has 1 heterocycles. The molecule has 0 bridgehead atoms. The highest BCUT2D eigenvalue weighted by Crippen LogP contribution is 2.34. The third-order valence-electron chi connectivity index (χ3n) is 2.47. The first kappa shape index (κ1) is 11.4. The third-order valence-corrected chi connectivity index (χ3v) is 2.47. The monoisotopic (exact) mass is 230 g/mol. The second-order valence-electron chi connectivity index (χ2n) is 3.64. The van der Waals surface area contributed by atoms with Crippen molar-refractivity contribution in [1.82, 2.24) is 9.97 Å². The summed E-state index contributed by atoms with van der Waals surface area (Å²) in [5.41, 5.74) is 2.93. The zero-order valence-electron chi connectivity index (χ0n) is 10.1. The molecule has 4 heteroatoms. The molecule has 0 aliphatic carbocycles. The lowest BCUT2D eigenvalue weighted by Gasteiger charge is -2.11. The highest BCUT2D eigenvalue weighted by atomic mass is 16.5. The number of benzene rings is 1. The molecule has 0 saturated carbocycles. The van der Waals surface area contributed by atoms with E-state index in [-0.39, 0.29) is 0 Å². The van der Waals surface area contributed by atoms with E-state index in [9.17, 15) is 0 Å². The number of methoxy groups -OCH3 is 2. The summed E-state index contributed by atoms with van der Waals surface area (Å²) in [5, 5.41) is 0. The van der Waals surface area contributed by atoms with Crippen molar-refractivity contribution in [2.45, 2.75) is 6.92 Å². The Hall–Kier alpha value is -2.10. The lowest BCUT2D eigenvalue weighted by molar-refractivity contribution is 0.375. The largest absolute Gasteiger partial charge is 0.480 e. The Morgan fingerprint density at radius 1 is 1.00 bits per heavy atom.